The number of sulfone groups is 1. The molecule has 2 rings (SSSR count). The molecule has 2 aliphatic rings. The first-order valence-electron chi connectivity index (χ1n) is 10.6. The molecule has 2 saturated heterocycles. The first kappa shape index (κ1) is 26.9. The van der Waals surface area contributed by atoms with E-state index < -0.39 is 9.84 Å². The normalized spacial score (nSPS) is 24.0. The fraction of sp³-hybridized carbons (Fsp3) is 0.947. The summed E-state index contributed by atoms with van der Waals surface area (Å²) in [5, 5.41) is 6.93. The number of nitrogens with one attached hydrogen (secondary N) is 2. The van der Waals surface area contributed by atoms with Gasteiger partial charge in [-0.25, -0.2) is 8.42 Å². The predicted octanol–water partition coefficient (Wildman–Crippen LogP) is 0.778. The molecule has 0 aromatic heterocycles. The quantitative estimate of drug-likeness (QED) is 0.265. The van der Waals surface area contributed by atoms with E-state index >= 15 is 0 Å². The summed E-state index contributed by atoms with van der Waals surface area (Å²) in [6.07, 6.45) is 3.31. The maximum absolute atomic E-state index is 11.3. The van der Waals surface area contributed by atoms with Crippen molar-refractivity contribution >= 4 is 39.8 Å². The number of nitrogens with zero attached hydrogens (tertiary/aromatic N) is 3. The lowest BCUT2D eigenvalue weighted by Gasteiger charge is -2.37. The number of aliphatic imine (C=N–C) groups is 1. The summed E-state index contributed by atoms with van der Waals surface area (Å²) >= 11 is 0. The molecule has 0 bridgehead atoms. The number of ether oxygens (including phenoxy) is 1. The second kappa shape index (κ2) is 13.3. The Kier molecular flexibility index (Phi) is 12.3. The summed E-state index contributed by atoms with van der Waals surface area (Å²) in [6.45, 7) is 13.2. The van der Waals surface area contributed by atoms with Gasteiger partial charge >= 0.3 is 0 Å². The van der Waals surface area contributed by atoms with Gasteiger partial charge in [-0.15, -0.1) is 24.0 Å². The molecule has 8 nitrogen and oxygen atoms in total. The SMILES string of the molecule is CCNC(=NCC(C)N1CCOCC1C)NC1CCN(CCS(C)(=O)=O)CC1.I. The molecule has 2 fully saturated rings. The highest BCUT2D eigenvalue weighted by Crippen LogP contribution is 2.12. The smallest absolute Gasteiger partial charge is 0.191 e. The van der Waals surface area contributed by atoms with Crippen LogP contribution >= 0.6 is 24.0 Å². The van der Waals surface area contributed by atoms with Gasteiger partial charge in [0.1, 0.15) is 9.84 Å². The van der Waals surface area contributed by atoms with Crippen LogP contribution in [0.4, 0.5) is 0 Å². The molecule has 0 aromatic rings. The molecule has 172 valence electrons. The number of guanidine groups is 1. The van der Waals surface area contributed by atoms with Crippen LogP contribution < -0.4 is 10.6 Å². The van der Waals surface area contributed by atoms with Gasteiger partial charge in [-0.3, -0.25) is 9.89 Å². The lowest BCUT2D eigenvalue weighted by atomic mass is 10.1. The average molecular weight is 546 g/mol. The third-order valence-electron chi connectivity index (χ3n) is 5.55. The minimum absolute atomic E-state index is 0. The molecule has 0 amide bonds. The zero-order valence-electron chi connectivity index (χ0n) is 18.4. The Morgan fingerprint density at radius 2 is 1.97 bits per heavy atom. The Labute approximate surface area is 194 Å². The third-order valence-corrected chi connectivity index (χ3v) is 6.47. The topological polar surface area (TPSA) is 86.3 Å². The largest absolute Gasteiger partial charge is 0.379 e. The lowest BCUT2D eigenvalue weighted by Crippen LogP contribution is -2.51. The van der Waals surface area contributed by atoms with Crippen molar-refractivity contribution in [3.8, 4) is 0 Å². The number of likely N-dealkylation sites (tertiary alicyclic amines) is 1. The van der Waals surface area contributed by atoms with Crippen LogP contribution in [0.3, 0.4) is 0 Å². The van der Waals surface area contributed by atoms with Crippen molar-refractivity contribution in [3.05, 3.63) is 0 Å². The Balaban J connectivity index is 0.00000420. The summed E-state index contributed by atoms with van der Waals surface area (Å²) in [5.74, 6) is 1.12. The van der Waals surface area contributed by atoms with E-state index in [1.54, 1.807) is 0 Å². The van der Waals surface area contributed by atoms with E-state index in [1.807, 2.05) is 0 Å². The number of rotatable bonds is 8. The van der Waals surface area contributed by atoms with E-state index in [0.717, 1.165) is 64.7 Å². The fourth-order valence-electron chi connectivity index (χ4n) is 3.83. The van der Waals surface area contributed by atoms with Crippen molar-refractivity contribution in [2.24, 2.45) is 4.99 Å². The lowest BCUT2D eigenvalue weighted by molar-refractivity contribution is -0.0165. The molecule has 2 heterocycles. The standard InChI is InChI=1S/C19H39N5O3S.HI/c1-5-20-19(21-14-16(2)24-10-12-27-15-17(24)3)22-18-6-8-23(9-7-18)11-13-28(4,25)26;/h16-18H,5-15H2,1-4H3,(H2,20,21,22);1H. The van der Waals surface area contributed by atoms with Gasteiger partial charge in [0.05, 0.1) is 25.5 Å². The van der Waals surface area contributed by atoms with Crippen molar-refractivity contribution in [3.63, 3.8) is 0 Å². The fourth-order valence-corrected chi connectivity index (χ4v) is 4.42. The minimum atomic E-state index is -2.89. The van der Waals surface area contributed by atoms with Gasteiger partial charge < -0.3 is 20.3 Å². The Morgan fingerprint density at radius 1 is 1.28 bits per heavy atom. The van der Waals surface area contributed by atoms with E-state index in [0.29, 0.717) is 24.7 Å². The van der Waals surface area contributed by atoms with Crippen LogP contribution in [0.2, 0.25) is 0 Å². The second-order valence-corrected chi connectivity index (χ2v) is 10.4. The summed E-state index contributed by atoms with van der Waals surface area (Å²) < 4.78 is 28.2. The van der Waals surface area contributed by atoms with Crippen LogP contribution in [0.5, 0.6) is 0 Å². The van der Waals surface area contributed by atoms with Crippen molar-refractivity contribution in [1.29, 1.82) is 0 Å². The highest BCUT2D eigenvalue weighted by Gasteiger charge is 2.24. The molecule has 0 aliphatic carbocycles. The average Bonchev–Trinajstić information content (AvgIpc) is 2.65. The first-order chi connectivity index (χ1) is 13.3. The van der Waals surface area contributed by atoms with Crippen LogP contribution in [0, 0.1) is 0 Å². The molecule has 10 heteroatoms. The molecule has 29 heavy (non-hydrogen) atoms. The molecule has 2 unspecified atom stereocenters. The third kappa shape index (κ3) is 10.1. The molecule has 0 radical (unpaired) electrons. The summed E-state index contributed by atoms with van der Waals surface area (Å²) in [6, 6.07) is 1.20. The number of piperidine rings is 1. The summed E-state index contributed by atoms with van der Waals surface area (Å²) in [5.41, 5.74) is 0. The monoisotopic (exact) mass is 545 g/mol. The highest BCUT2D eigenvalue weighted by atomic mass is 127. The van der Waals surface area contributed by atoms with Gasteiger partial charge in [-0.05, 0) is 33.6 Å². The van der Waals surface area contributed by atoms with Crippen LogP contribution in [-0.2, 0) is 14.6 Å². The van der Waals surface area contributed by atoms with E-state index in [9.17, 15) is 8.42 Å². The van der Waals surface area contributed by atoms with E-state index in [-0.39, 0.29) is 29.7 Å². The van der Waals surface area contributed by atoms with Crippen molar-refractivity contribution in [2.45, 2.75) is 51.7 Å². The molecule has 0 aromatic carbocycles. The van der Waals surface area contributed by atoms with Gasteiger partial charge in [0.2, 0.25) is 0 Å². The van der Waals surface area contributed by atoms with Crippen molar-refractivity contribution in [2.75, 3.05) is 64.5 Å². The number of morpholine rings is 1. The van der Waals surface area contributed by atoms with Gasteiger partial charge in [0.25, 0.3) is 0 Å². The molecular formula is C19H40IN5O3S. The maximum Gasteiger partial charge on any atom is 0.191 e. The minimum Gasteiger partial charge on any atom is -0.379 e. The van der Waals surface area contributed by atoms with Crippen molar-refractivity contribution in [1.82, 2.24) is 20.4 Å². The molecule has 2 atom stereocenters. The number of halogens is 1. The van der Waals surface area contributed by atoms with Crippen LogP contribution in [0.1, 0.15) is 33.6 Å². The molecule has 0 saturated carbocycles. The first-order valence-corrected chi connectivity index (χ1v) is 12.6. The van der Waals surface area contributed by atoms with Gasteiger partial charge in [0, 0.05) is 57.1 Å². The van der Waals surface area contributed by atoms with Crippen molar-refractivity contribution < 1.29 is 13.2 Å². The Bertz CT molecular complexity index is 597. The maximum atomic E-state index is 11.3. The molecule has 0 spiro atoms. The zero-order chi connectivity index (χ0) is 20.6. The van der Waals surface area contributed by atoms with Gasteiger partial charge in [-0.2, -0.15) is 0 Å². The van der Waals surface area contributed by atoms with E-state index in [2.05, 4.69) is 41.2 Å². The second-order valence-electron chi connectivity index (χ2n) is 8.12. The Morgan fingerprint density at radius 3 is 2.55 bits per heavy atom. The number of hydrogen-bond acceptors (Lipinski definition) is 6. The molecule has 2 N–H and O–H groups in total. The molecular weight excluding hydrogens is 505 g/mol. The number of hydrogen-bond donors (Lipinski definition) is 2. The van der Waals surface area contributed by atoms with Gasteiger partial charge in [0.15, 0.2) is 5.96 Å². The van der Waals surface area contributed by atoms with Crippen LogP contribution in [-0.4, -0.2) is 107 Å². The summed E-state index contributed by atoms with van der Waals surface area (Å²) in [7, 11) is -2.89. The van der Waals surface area contributed by atoms with Crippen LogP contribution in [0.15, 0.2) is 4.99 Å². The zero-order valence-corrected chi connectivity index (χ0v) is 21.5. The molecule has 2 aliphatic heterocycles. The van der Waals surface area contributed by atoms with Gasteiger partial charge in [-0.1, -0.05) is 0 Å². The van der Waals surface area contributed by atoms with E-state index in [4.69, 9.17) is 9.73 Å². The predicted molar refractivity (Wildman–Crippen MR) is 130 cm³/mol. The Hall–Kier alpha value is -0.170. The van der Waals surface area contributed by atoms with Crippen LogP contribution in [0.25, 0.3) is 0 Å². The summed E-state index contributed by atoms with van der Waals surface area (Å²) in [4.78, 5) is 9.53. The van der Waals surface area contributed by atoms with E-state index in [1.165, 1.54) is 6.26 Å². The highest BCUT2D eigenvalue weighted by molar-refractivity contribution is 14.0.